The van der Waals surface area contributed by atoms with Crippen molar-refractivity contribution in [1.82, 2.24) is 0 Å². The fraction of sp³-hybridized carbons (Fsp3) is 0.900. The SMILES string of the molecule is CC1(C)[C@]2(C(Br)Br)CC[C@@]1(C(=O)[O-])[C@@H]2Br. The van der Waals surface area contributed by atoms with Crippen LogP contribution >= 0.6 is 47.8 Å². The summed E-state index contributed by atoms with van der Waals surface area (Å²) in [6, 6.07) is 0. The molecule has 0 unspecified atom stereocenters. The zero-order chi connectivity index (χ0) is 11.6. The largest absolute Gasteiger partial charge is 0.549 e. The molecule has 3 fully saturated rings. The van der Waals surface area contributed by atoms with Crippen molar-refractivity contribution in [2.45, 2.75) is 35.3 Å². The van der Waals surface area contributed by atoms with Crippen LogP contribution in [0.15, 0.2) is 0 Å². The Labute approximate surface area is 115 Å². The zero-order valence-electron chi connectivity index (χ0n) is 8.52. The average Bonchev–Trinajstić information content (AvgIpc) is 2.53. The molecule has 3 aliphatic rings. The molecule has 2 nitrogen and oxygen atoms in total. The molecule has 0 aromatic carbocycles. The Bertz CT molecular complexity index is 329. The number of hydrogen-bond donors (Lipinski definition) is 0. The van der Waals surface area contributed by atoms with Gasteiger partial charge in [0.15, 0.2) is 0 Å². The highest BCUT2D eigenvalue weighted by molar-refractivity contribution is 9.24. The normalized spacial score (nSPS) is 46.7. The molecule has 3 atom stereocenters. The van der Waals surface area contributed by atoms with E-state index in [-0.39, 0.29) is 19.4 Å². The van der Waals surface area contributed by atoms with E-state index in [2.05, 4.69) is 47.8 Å². The van der Waals surface area contributed by atoms with Crippen molar-refractivity contribution in [2.24, 2.45) is 16.2 Å². The molecular formula is C10H12Br3O2-. The number of carboxylic acids is 1. The molecule has 3 aliphatic carbocycles. The molecule has 86 valence electrons. The highest BCUT2D eigenvalue weighted by atomic mass is 79.9. The summed E-state index contributed by atoms with van der Waals surface area (Å²) < 4.78 is 0.131. The molecule has 0 aromatic rings. The van der Waals surface area contributed by atoms with Crippen molar-refractivity contribution < 1.29 is 9.90 Å². The maximum Gasteiger partial charge on any atom is 0.0770 e. The van der Waals surface area contributed by atoms with Crippen LogP contribution < -0.4 is 5.11 Å². The van der Waals surface area contributed by atoms with Gasteiger partial charge in [-0.2, -0.15) is 0 Å². The first kappa shape index (κ1) is 12.4. The lowest BCUT2D eigenvalue weighted by Crippen LogP contribution is -2.72. The maximum absolute atomic E-state index is 11.4. The maximum atomic E-state index is 11.4. The first-order valence-corrected chi connectivity index (χ1v) is 7.63. The van der Waals surface area contributed by atoms with Crippen molar-refractivity contribution >= 4 is 53.8 Å². The summed E-state index contributed by atoms with van der Waals surface area (Å²) in [5.74, 6) is -0.914. The number of carbonyl (C=O) groups is 1. The number of rotatable bonds is 2. The number of hydrogen-bond acceptors (Lipinski definition) is 2. The summed E-state index contributed by atoms with van der Waals surface area (Å²) in [7, 11) is 0. The highest BCUT2D eigenvalue weighted by Crippen LogP contribution is 2.82. The average molecular weight is 404 g/mol. The topological polar surface area (TPSA) is 40.1 Å². The van der Waals surface area contributed by atoms with E-state index in [9.17, 15) is 9.90 Å². The van der Waals surface area contributed by atoms with Gasteiger partial charge in [-0.05, 0) is 18.3 Å². The molecular weight excluding hydrogens is 392 g/mol. The number of aliphatic carboxylic acids is 1. The van der Waals surface area contributed by atoms with E-state index < -0.39 is 11.4 Å². The third-order valence-electron chi connectivity index (χ3n) is 4.85. The highest BCUT2D eigenvalue weighted by Gasteiger charge is 2.81. The zero-order valence-corrected chi connectivity index (χ0v) is 13.3. The summed E-state index contributed by atoms with van der Waals surface area (Å²) >= 11 is 10.7. The number of halogens is 3. The molecule has 3 rings (SSSR count). The van der Waals surface area contributed by atoms with Gasteiger partial charge in [0.25, 0.3) is 0 Å². The Morgan fingerprint density at radius 1 is 1.40 bits per heavy atom. The monoisotopic (exact) mass is 401 g/mol. The Kier molecular flexibility index (Phi) is 2.66. The van der Waals surface area contributed by atoms with Gasteiger partial charge in [-0.25, -0.2) is 0 Å². The van der Waals surface area contributed by atoms with Crippen LogP contribution in [0.25, 0.3) is 0 Å². The van der Waals surface area contributed by atoms with Crippen molar-refractivity contribution in [3.8, 4) is 0 Å². The van der Waals surface area contributed by atoms with Crippen molar-refractivity contribution in [1.29, 1.82) is 0 Å². The Morgan fingerprint density at radius 2 is 1.93 bits per heavy atom. The lowest BCUT2D eigenvalue weighted by molar-refractivity contribution is -0.334. The van der Waals surface area contributed by atoms with E-state index in [0.717, 1.165) is 6.42 Å². The van der Waals surface area contributed by atoms with Gasteiger partial charge >= 0.3 is 0 Å². The summed E-state index contributed by atoms with van der Waals surface area (Å²) in [6.07, 6.45) is 1.61. The smallest absolute Gasteiger partial charge is 0.0770 e. The third kappa shape index (κ3) is 0.998. The molecule has 5 heteroatoms. The second kappa shape index (κ2) is 3.22. The van der Waals surface area contributed by atoms with Crippen LogP contribution in [0.1, 0.15) is 26.7 Å². The molecule has 0 radical (unpaired) electrons. The molecule has 0 aromatic heterocycles. The van der Waals surface area contributed by atoms with Crippen LogP contribution in [0, 0.1) is 16.2 Å². The molecule has 0 N–H and O–H groups in total. The third-order valence-corrected chi connectivity index (χ3v) is 8.08. The minimum Gasteiger partial charge on any atom is -0.549 e. The van der Waals surface area contributed by atoms with Crippen LogP contribution in [-0.2, 0) is 4.79 Å². The number of fused-ring (bicyclic) bond motifs is 1. The van der Waals surface area contributed by atoms with Gasteiger partial charge in [-0.3, -0.25) is 0 Å². The van der Waals surface area contributed by atoms with Gasteiger partial charge < -0.3 is 9.90 Å². The molecule has 0 aliphatic heterocycles. The quantitative estimate of drug-likeness (QED) is 0.664. The molecule has 0 heterocycles. The number of carbonyl (C=O) groups excluding carboxylic acids is 1. The minimum absolute atomic E-state index is 0.0127. The lowest BCUT2D eigenvalue weighted by Gasteiger charge is -2.67. The number of alkyl halides is 3. The molecule has 0 spiro atoms. The van der Waals surface area contributed by atoms with Gasteiger partial charge in [-0.1, -0.05) is 61.6 Å². The van der Waals surface area contributed by atoms with Crippen LogP contribution in [0.5, 0.6) is 0 Å². The lowest BCUT2D eigenvalue weighted by atomic mass is 9.43. The van der Waals surface area contributed by atoms with E-state index in [1.165, 1.54) is 0 Å². The van der Waals surface area contributed by atoms with Gasteiger partial charge in [-0.15, -0.1) is 0 Å². The van der Waals surface area contributed by atoms with Crippen molar-refractivity contribution in [2.75, 3.05) is 0 Å². The van der Waals surface area contributed by atoms with Gasteiger partial charge in [0.05, 0.1) is 3.74 Å². The van der Waals surface area contributed by atoms with Crippen molar-refractivity contribution in [3.05, 3.63) is 0 Å². The van der Waals surface area contributed by atoms with E-state index in [1.54, 1.807) is 0 Å². The van der Waals surface area contributed by atoms with Gasteiger partial charge in [0.2, 0.25) is 0 Å². The number of carboxylic acid groups (broad SMARTS) is 1. The van der Waals surface area contributed by atoms with Crippen LogP contribution in [-0.4, -0.2) is 14.5 Å². The second-order valence-electron chi connectivity index (χ2n) is 5.09. The molecule has 3 saturated carbocycles. The summed E-state index contributed by atoms with van der Waals surface area (Å²) in [4.78, 5) is 11.4. The summed E-state index contributed by atoms with van der Waals surface area (Å²) in [5.41, 5.74) is -0.982. The molecule has 0 saturated heterocycles. The Hall–Kier alpha value is 0.910. The Balaban J connectivity index is 2.50. The summed E-state index contributed by atoms with van der Waals surface area (Å²) in [5, 5.41) is 11.4. The van der Waals surface area contributed by atoms with E-state index >= 15 is 0 Å². The predicted octanol–water partition coefficient (Wildman–Crippen LogP) is 2.42. The standard InChI is InChI=1S/C10H13Br3O2/c1-8(2)9(6(12)13)3-4-10(8,5(9)11)7(14)15/h5-6H,3-4H2,1-2H3,(H,14,15)/p-1/t5-,9-,10+/m1/s1. The van der Waals surface area contributed by atoms with Gasteiger partial charge in [0, 0.05) is 21.6 Å². The predicted molar refractivity (Wildman–Crippen MR) is 67.2 cm³/mol. The second-order valence-corrected chi connectivity index (χ2v) is 9.06. The fourth-order valence-corrected chi connectivity index (χ4v) is 8.54. The first-order chi connectivity index (χ1) is 6.75. The first-order valence-electron chi connectivity index (χ1n) is 4.89. The fourth-order valence-electron chi connectivity index (χ4n) is 3.65. The Morgan fingerprint density at radius 3 is 2.13 bits per heavy atom. The summed E-state index contributed by atoms with van der Waals surface area (Å²) in [6.45, 7) is 4.06. The van der Waals surface area contributed by atoms with E-state index in [0.29, 0.717) is 6.42 Å². The molecule has 0 amide bonds. The molecule has 15 heavy (non-hydrogen) atoms. The van der Waals surface area contributed by atoms with E-state index in [4.69, 9.17) is 0 Å². The van der Waals surface area contributed by atoms with Crippen molar-refractivity contribution in [3.63, 3.8) is 0 Å². The van der Waals surface area contributed by atoms with E-state index in [1.807, 2.05) is 13.8 Å². The molecule has 2 bridgehead atoms. The van der Waals surface area contributed by atoms with Crippen LogP contribution in [0.3, 0.4) is 0 Å². The van der Waals surface area contributed by atoms with Crippen LogP contribution in [0.4, 0.5) is 0 Å². The minimum atomic E-state index is -0.914. The van der Waals surface area contributed by atoms with Gasteiger partial charge in [0.1, 0.15) is 0 Å². The van der Waals surface area contributed by atoms with Crippen LogP contribution in [0.2, 0.25) is 0 Å².